The molecular formula is C40H46FN3O2. The molecule has 2 N–H and O–H groups in total. The molecule has 6 heteroatoms. The van der Waals surface area contributed by atoms with E-state index in [4.69, 9.17) is 5.41 Å². The van der Waals surface area contributed by atoms with Crippen LogP contribution in [0.4, 0.5) is 10.1 Å². The number of hydrogen-bond donors (Lipinski definition) is 2. The molecule has 3 aromatic carbocycles. The van der Waals surface area contributed by atoms with Gasteiger partial charge in [0.15, 0.2) is 0 Å². The van der Waals surface area contributed by atoms with E-state index in [0.717, 1.165) is 64.9 Å². The topological polar surface area (TPSA) is 67.6 Å². The number of likely N-dealkylation sites (tertiary alicyclic amines) is 1. The number of aliphatic hydroxyl groups is 1. The number of nitrogens with one attached hydrogen (secondary N) is 1. The average Bonchev–Trinajstić information content (AvgIpc) is 3.06. The second-order valence-corrected chi connectivity index (χ2v) is 12.1. The Labute approximate surface area is 273 Å². The molecule has 1 aliphatic heterocycles. The van der Waals surface area contributed by atoms with Crippen molar-refractivity contribution in [1.29, 1.82) is 5.41 Å². The number of rotatable bonds is 13. The summed E-state index contributed by atoms with van der Waals surface area (Å²) >= 11 is 0. The molecule has 0 atom stereocenters. The van der Waals surface area contributed by atoms with E-state index in [1.165, 1.54) is 6.07 Å². The van der Waals surface area contributed by atoms with Crippen LogP contribution in [0, 0.1) is 31.0 Å². The van der Waals surface area contributed by atoms with Gasteiger partial charge in [-0.3, -0.25) is 10.2 Å². The Morgan fingerprint density at radius 3 is 2.41 bits per heavy atom. The number of carbonyl (C=O) groups excluding carboxylic acids is 1. The first-order valence-corrected chi connectivity index (χ1v) is 16.0. The molecule has 46 heavy (non-hydrogen) atoms. The van der Waals surface area contributed by atoms with Crippen molar-refractivity contribution in [1.82, 2.24) is 4.90 Å². The van der Waals surface area contributed by atoms with Crippen LogP contribution in [0.15, 0.2) is 115 Å². The zero-order chi connectivity index (χ0) is 33.2. The van der Waals surface area contributed by atoms with Gasteiger partial charge in [-0.15, -0.1) is 0 Å². The summed E-state index contributed by atoms with van der Waals surface area (Å²) in [5.41, 5.74) is 8.00. The van der Waals surface area contributed by atoms with Crippen molar-refractivity contribution in [3.63, 3.8) is 0 Å². The van der Waals surface area contributed by atoms with Crippen LogP contribution < -0.4 is 4.90 Å². The SMILES string of the molecule is C=C(/C=C\C(=C/CCC)C(=N)c1ccc(C(=O)N2CCC(C(=C)N(Cc3cccc(F)c3)c3ccccc3C)CC2)cc1C)CO. The number of aryl methyl sites for hydroxylation is 2. The molecule has 1 saturated heterocycles. The van der Waals surface area contributed by atoms with Gasteiger partial charge < -0.3 is 14.9 Å². The molecule has 0 bridgehead atoms. The van der Waals surface area contributed by atoms with E-state index in [0.29, 0.717) is 36.5 Å². The molecule has 0 unspecified atom stereocenters. The van der Waals surface area contributed by atoms with Gasteiger partial charge in [-0.2, -0.15) is 0 Å². The van der Waals surface area contributed by atoms with E-state index >= 15 is 0 Å². The second-order valence-electron chi connectivity index (χ2n) is 12.1. The summed E-state index contributed by atoms with van der Waals surface area (Å²) in [6.07, 6.45) is 8.95. The zero-order valence-electron chi connectivity index (χ0n) is 27.4. The summed E-state index contributed by atoms with van der Waals surface area (Å²) in [5, 5.41) is 18.2. The van der Waals surface area contributed by atoms with Crippen LogP contribution in [0.3, 0.4) is 0 Å². The highest BCUT2D eigenvalue weighted by Crippen LogP contribution is 2.33. The van der Waals surface area contributed by atoms with Crippen LogP contribution in [0.1, 0.15) is 65.2 Å². The van der Waals surface area contributed by atoms with Gasteiger partial charge in [0.1, 0.15) is 5.82 Å². The van der Waals surface area contributed by atoms with E-state index in [1.54, 1.807) is 18.2 Å². The van der Waals surface area contributed by atoms with Crippen molar-refractivity contribution in [3.8, 4) is 0 Å². The molecule has 0 radical (unpaired) electrons. The van der Waals surface area contributed by atoms with Gasteiger partial charge in [-0.1, -0.05) is 81.1 Å². The maximum atomic E-state index is 14.0. The summed E-state index contributed by atoms with van der Waals surface area (Å²) in [7, 11) is 0. The minimum absolute atomic E-state index is 0.0124. The highest BCUT2D eigenvalue weighted by Gasteiger charge is 2.28. The van der Waals surface area contributed by atoms with E-state index in [1.807, 2.05) is 60.4 Å². The summed E-state index contributed by atoms with van der Waals surface area (Å²) in [5.74, 6) is -0.0823. The Hall–Kier alpha value is -4.55. The van der Waals surface area contributed by atoms with E-state index in [2.05, 4.69) is 44.0 Å². The van der Waals surface area contributed by atoms with Gasteiger partial charge in [0, 0.05) is 48.1 Å². The quantitative estimate of drug-likeness (QED) is 0.149. The van der Waals surface area contributed by atoms with Crippen LogP contribution in [0.2, 0.25) is 0 Å². The maximum absolute atomic E-state index is 14.0. The van der Waals surface area contributed by atoms with E-state index in [9.17, 15) is 14.3 Å². The minimum Gasteiger partial charge on any atom is -0.392 e. The largest absolute Gasteiger partial charge is 0.392 e. The molecule has 0 aliphatic carbocycles. The molecule has 0 saturated carbocycles. The Kier molecular flexibility index (Phi) is 12.0. The highest BCUT2D eigenvalue weighted by atomic mass is 19.1. The van der Waals surface area contributed by atoms with Crippen molar-refractivity contribution in [2.75, 3.05) is 24.6 Å². The number of allylic oxidation sites excluding steroid dienone is 4. The average molecular weight is 620 g/mol. The fourth-order valence-corrected chi connectivity index (χ4v) is 5.89. The third kappa shape index (κ3) is 8.58. The van der Waals surface area contributed by atoms with E-state index in [-0.39, 0.29) is 24.2 Å². The number of halogens is 1. The van der Waals surface area contributed by atoms with Crippen LogP contribution in [0.25, 0.3) is 0 Å². The Morgan fingerprint density at radius 1 is 1.02 bits per heavy atom. The van der Waals surface area contributed by atoms with Gasteiger partial charge in [0.05, 0.1) is 12.3 Å². The monoisotopic (exact) mass is 619 g/mol. The predicted octanol–water partition coefficient (Wildman–Crippen LogP) is 8.71. The molecule has 1 heterocycles. The molecule has 240 valence electrons. The smallest absolute Gasteiger partial charge is 0.253 e. The van der Waals surface area contributed by atoms with Gasteiger partial charge in [0.2, 0.25) is 0 Å². The van der Waals surface area contributed by atoms with Crippen molar-refractivity contribution in [2.24, 2.45) is 5.92 Å². The number of amides is 1. The molecule has 3 aromatic rings. The molecule has 1 fully saturated rings. The number of aliphatic hydroxyl groups excluding tert-OH is 1. The van der Waals surface area contributed by atoms with Crippen molar-refractivity contribution in [2.45, 2.75) is 53.0 Å². The normalized spacial score (nSPS) is 14.0. The fourth-order valence-electron chi connectivity index (χ4n) is 5.89. The third-order valence-electron chi connectivity index (χ3n) is 8.62. The summed E-state index contributed by atoms with van der Waals surface area (Å²) < 4.78 is 14.0. The fraction of sp³-hybridized carbons (Fsp3) is 0.300. The molecule has 0 aromatic heterocycles. The molecule has 1 aliphatic rings. The number of benzene rings is 3. The minimum atomic E-state index is -0.255. The molecule has 1 amide bonds. The summed E-state index contributed by atoms with van der Waals surface area (Å²) in [6.45, 7) is 16.0. The number of hydrogen-bond acceptors (Lipinski definition) is 4. The van der Waals surface area contributed by atoms with Gasteiger partial charge in [0.25, 0.3) is 5.91 Å². The lowest BCUT2D eigenvalue weighted by Gasteiger charge is -2.38. The molecular weight excluding hydrogens is 573 g/mol. The standard InChI is InChI=1S/C40H46FN3O2/c1-6-7-13-34(17-16-28(2)27-45)39(42)37-19-18-35(24-30(37)4)40(46)43-22-20-33(21-23-43)31(5)44(38-15-9-8-11-29(38)3)26-32-12-10-14-36(41)25-32/h8-19,24-25,33,42,45H,2,5-7,20-23,26-27H2,1,3-4H3/b17-16-,34-13+,42-39?. The second kappa shape index (κ2) is 16.1. The van der Waals surface area contributed by atoms with Crippen molar-refractivity contribution in [3.05, 3.63) is 149 Å². The van der Waals surface area contributed by atoms with Crippen molar-refractivity contribution >= 4 is 17.3 Å². The predicted molar refractivity (Wildman–Crippen MR) is 188 cm³/mol. The zero-order valence-corrected chi connectivity index (χ0v) is 27.4. The molecule has 5 nitrogen and oxygen atoms in total. The lowest BCUT2D eigenvalue weighted by molar-refractivity contribution is 0.0701. The third-order valence-corrected chi connectivity index (χ3v) is 8.62. The maximum Gasteiger partial charge on any atom is 0.253 e. The Balaban J connectivity index is 1.46. The van der Waals surface area contributed by atoms with Crippen molar-refractivity contribution < 1.29 is 14.3 Å². The molecule has 0 spiro atoms. The lowest BCUT2D eigenvalue weighted by Crippen LogP contribution is -2.40. The number of piperidine rings is 1. The Morgan fingerprint density at radius 2 is 1.76 bits per heavy atom. The van der Waals surface area contributed by atoms with E-state index < -0.39 is 0 Å². The first-order chi connectivity index (χ1) is 22.1. The van der Waals surface area contributed by atoms with Gasteiger partial charge in [-0.25, -0.2) is 4.39 Å². The summed E-state index contributed by atoms with van der Waals surface area (Å²) in [4.78, 5) is 17.7. The number of carbonyl (C=O) groups is 1. The number of anilines is 1. The van der Waals surface area contributed by atoms with Crippen LogP contribution >= 0.6 is 0 Å². The number of para-hydroxylation sites is 1. The molecule has 4 rings (SSSR count). The van der Waals surface area contributed by atoms with Crippen LogP contribution in [-0.2, 0) is 6.54 Å². The summed E-state index contributed by atoms with van der Waals surface area (Å²) in [6, 6.07) is 20.4. The van der Waals surface area contributed by atoms with Gasteiger partial charge >= 0.3 is 0 Å². The number of unbranched alkanes of at least 4 members (excludes halogenated alkanes) is 1. The first kappa shape index (κ1) is 34.3. The number of nitrogens with zero attached hydrogens (tertiary/aromatic N) is 2. The lowest BCUT2D eigenvalue weighted by atomic mass is 9.91. The first-order valence-electron chi connectivity index (χ1n) is 16.0. The van der Waals surface area contributed by atoms with Crippen LogP contribution in [-0.4, -0.2) is 41.3 Å². The highest BCUT2D eigenvalue weighted by molar-refractivity contribution is 6.13. The van der Waals surface area contributed by atoms with Crippen LogP contribution in [0.5, 0.6) is 0 Å². The Bertz CT molecular complexity index is 1650. The van der Waals surface area contributed by atoms with Gasteiger partial charge in [-0.05, 0) is 91.3 Å².